The van der Waals surface area contributed by atoms with Gasteiger partial charge in [-0.2, -0.15) is 0 Å². The third-order valence-corrected chi connectivity index (χ3v) is 6.57. The van der Waals surface area contributed by atoms with Gasteiger partial charge in [0.25, 0.3) is 0 Å². The molecule has 94 valence electrons. The molecule has 1 aromatic carbocycles. The predicted molar refractivity (Wildman–Crippen MR) is 71.8 cm³/mol. The normalized spacial score (nSPS) is 30.9. The molecule has 1 N–H and O–H groups in total. The van der Waals surface area contributed by atoms with E-state index in [1.165, 1.54) is 0 Å². The highest BCUT2D eigenvalue weighted by Gasteiger charge is 2.40. The average molecular weight is 318 g/mol. The van der Waals surface area contributed by atoms with E-state index in [0.717, 1.165) is 10.0 Å². The van der Waals surface area contributed by atoms with E-state index in [1.54, 1.807) is 19.1 Å². The zero-order chi connectivity index (χ0) is 12.8. The van der Waals surface area contributed by atoms with Crippen molar-refractivity contribution in [1.82, 2.24) is 5.32 Å². The van der Waals surface area contributed by atoms with Crippen LogP contribution in [0.4, 0.5) is 0 Å². The molecule has 0 aromatic heterocycles. The number of benzene rings is 1. The number of hydrogen-bond acceptors (Lipinski definition) is 3. The van der Waals surface area contributed by atoms with Gasteiger partial charge in [0.05, 0.1) is 10.1 Å². The topological polar surface area (TPSA) is 46.2 Å². The standard InChI is InChI=1S/C12H16BrNO2S/c1-7-8(2)17(15,16)11-5-4-9(13)6-10(11)12(7)14-3/h4-8,12,14H,1-3H3. The van der Waals surface area contributed by atoms with Crippen molar-refractivity contribution in [2.24, 2.45) is 5.92 Å². The van der Waals surface area contributed by atoms with Crippen LogP contribution in [0.15, 0.2) is 27.6 Å². The van der Waals surface area contributed by atoms with Crippen LogP contribution in [0.3, 0.4) is 0 Å². The van der Waals surface area contributed by atoms with Gasteiger partial charge in [-0.15, -0.1) is 0 Å². The van der Waals surface area contributed by atoms with Crippen LogP contribution in [0, 0.1) is 5.92 Å². The third kappa shape index (κ3) is 1.94. The Kier molecular flexibility index (Phi) is 3.36. The van der Waals surface area contributed by atoms with E-state index in [4.69, 9.17) is 0 Å². The smallest absolute Gasteiger partial charge is 0.181 e. The Balaban J connectivity index is 2.72. The van der Waals surface area contributed by atoms with Crippen LogP contribution in [-0.2, 0) is 9.84 Å². The van der Waals surface area contributed by atoms with Crippen LogP contribution in [0.25, 0.3) is 0 Å². The molecule has 0 saturated carbocycles. The maximum absolute atomic E-state index is 12.3. The van der Waals surface area contributed by atoms with Crippen LogP contribution in [0.2, 0.25) is 0 Å². The summed E-state index contributed by atoms with van der Waals surface area (Å²) >= 11 is 3.40. The Morgan fingerprint density at radius 1 is 1.29 bits per heavy atom. The third-order valence-electron chi connectivity index (χ3n) is 3.68. The highest BCUT2D eigenvalue weighted by molar-refractivity contribution is 9.10. The quantitative estimate of drug-likeness (QED) is 0.865. The summed E-state index contributed by atoms with van der Waals surface area (Å²) in [6.45, 7) is 3.77. The number of hydrogen-bond donors (Lipinski definition) is 1. The zero-order valence-corrected chi connectivity index (χ0v) is 12.5. The SMILES string of the molecule is CNC1c2cc(Br)ccc2S(=O)(=O)C(C)C1C. The number of nitrogens with one attached hydrogen (secondary N) is 1. The van der Waals surface area contributed by atoms with E-state index in [1.807, 2.05) is 20.0 Å². The largest absolute Gasteiger partial charge is 0.313 e. The maximum Gasteiger partial charge on any atom is 0.181 e. The van der Waals surface area contributed by atoms with Gasteiger partial charge in [-0.25, -0.2) is 8.42 Å². The molecule has 0 fully saturated rings. The van der Waals surface area contributed by atoms with Crippen molar-refractivity contribution in [2.75, 3.05) is 7.05 Å². The summed E-state index contributed by atoms with van der Waals surface area (Å²) in [5.41, 5.74) is 0.868. The lowest BCUT2D eigenvalue weighted by Crippen LogP contribution is -2.40. The number of halogens is 1. The van der Waals surface area contributed by atoms with E-state index in [0.29, 0.717) is 4.90 Å². The molecule has 0 bridgehead atoms. The summed E-state index contributed by atoms with van der Waals surface area (Å²) in [6, 6.07) is 5.46. The van der Waals surface area contributed by atoms with Gasteiger partial charge >= 0.3 is 0 Å². The maximum atomic E-state index is 12.3. The summed E-state index contributed by atoms with van der Waals surface area (Å²) in [5, 5.41) is 2.87. The fraction of sp³-hybridized carbons (Fsp3) is 0.500. The van der Waals surface area contributed by atoms with Crippen molar-refractivity contribution in [3.05, 3.63) is 28.2 Å². The monoisotopic (exact) mass is 317 g/mol. The first-order chi connectivity index (χ1) is 7.89. The minimum absolute atomic E-state index is 0.0619. The van der Waals surface area contributed by atoms with Gasteiger partial charge < -0.3 is 5.32 Å². The van der Waals surface area contributed by atoms with Gasteiger partial charge in [0, 0.05) is 10.5 Å². The Hall–Kier alpha value is -0.390. The van der Waals surface area contributed by atoms with Crippen molar-refractivity contribution >= 4 is 25.8 Å². The molecule has 0 amide bonds. The Morgan fingerprint density at radius 2 is 1.94 bits per heavy atom. The Bertz CT molecular complexity index is 541. The number of rotatable bonds is 1. The van der Waals surface area contributed by atoms with Gasteiger partial charge in [-0.3, -0.25) is 0 Å². The summed E-state index contributed by atoms with van der Waals surface area (Å²) < 4.78 is 25.6. The second-order valence-electron chi connectivity index (χ2n) is 4.56. The van der Waals surface area contributed by atoms with Crippen molar-refractivity contribution < 1.29 is 8.42 Å². The van der Waals surface area contributed by atoms with Crippen molar-refractivity contribution in [2.45, 2.75) is 30.0 Å². The lowest BCUT2D eigenvalue weighted by atomic mass is 9.91. The molecule has 1 aromatic rings. The van der Waals surface area contributed by atoms with Gasteiger partial charge in [-0.1, -0.05) is 22.9 Å². The van der Waals surface area contributed by atoms with Crippen LogP contribution in [0.5, 0.6) is 0 Å². The van der Waals surface area contributed by atoms with Gasteiger partial charge in [0.2, 0.25) is 0 Å². The summed E-state index contributed by atoms with van der Waals surface area (Å²) in [5.74, 6) is 0.0619. The highest BCUT2D eigenvalue weighted by Crippen LogP contribution is 2.40. The first-order valence-electron chi connectivity index (χ1n) is 5.60. The minimum Gasteiger partial charge on any atom is -0.313 e. The molecule has 0 spiro atoms. The molecule has 3 atom stereocenters. The molecule has 1 aliphatic heterocycles. The number of sulfone groups is 1. The molecule has 5 heteroatoms. The molecular weight excluding hydrogens is 302 g/mol. The van der Waals surface area contributed by atoms with Crippen molar-refractivity contribution in [1.29, 1.82) is 0 Å². The van der Waals surface area contributed by atoms with Crippen molar-refractivity contribution in [3.8, 4) is 0 Å². The highest BCUT2D eigenvalue weighted by atomic mass is 79.9. The molecule has 0 radical (unpaired) electrons. The number of fused-ring (bicyclic) bond motifs is 1. The first kappa shape index (κ1) is 13.1. The molecule has 1 aliphatic rings. The van der Waals surface area contributed by atoms with Gasteiger partial charge in [-0.05, 0) is 43.7 Å². The van der Waals surface area contributed by atoms with Crippen LogP contribution in [-0.4, -0.2) is 20.7 Å². The first-order valence-corrected chi connectivity index (χ1v) is 7.94. The van der Waals surface area contributed by atoms with E-state index in [9.17, 15) is 8.42 Å². The summed E-state index contributed by atoms with van der Waals surface area (Å²) in [4.78, 5) is 0.464. The second kappa shape index (κ2) is 4.37. The summed E-state index contributed by atoms with van der Waals surface area (Å²) in [6.07, 6.45) is 0. The Morgan fingerprint density at radius 3 is 2.53 bits per heavy atom. The van der Waals surface area contributed by atoms with Crippen LogP contribution in [0.1, 0.15) is 25.5 Å². The molecule has 0 aliphatic carbocycles. The molecule has 17 heavy (non-hydrogen) atoms. The molecule has 3 nitrogen and oxygen atoms in total. The lowest BCUT2D eigenvalue weighted by Gasteiger charge is -2.35. The molecule has 2 rings (SSSR count). The zero-order valence-electron chi connectivity index (χ0n) is 10.1. The fourth-order valence-corrected chi connectivity index (χ4v) is 4.75. The van der Waals surface area contributed by atoms with E-state index < -0.39 is 9.84 Å². The predicted octanol–water partition coefficient (Wildman–Crippen LogP) is 2.52. The minimum atomic E-state index is -3.19. The lowest BCUT2D eigenvalue weighted by molar-refractivity contribution is 0.378. The average Bonchev–Trinajstić information content (AvgIpc) is 2.27. The summed E-state index contributed by atoms with van der Waals surface area (Å²) in [7, 11) is -1.32. The van der Waals surface area contributed by atoms with Gasteiger partial charge in [0.1, 0.15) is 0 Å². The molecule has 0 saturated heterocycles. The second-order valence-corrected chi connectivity index (χ2v) is 7.75. The van der Waals surface area contributed by atoms with Crippen molar-refractivity contribution in [3.63, 3.8) is 0 Å². The van der Waals surface area contributed by atoms with E-state index in [2.05, 4.69) is 21.2 Å². The Labute approximate surface area is 111 Å². The fourth-order valence-electron chi connectivity index (χ4n) is 2.48. The van der Waals surface area contributed by atoms with Gasteiger partial charge in [0.15, 0.2) is 9.84 Å². The molecule has 3 unspecified atom stereocenters. The van der Waals surface area contributed by atoms with Crippen LogP contribution < -0.4 is 5.32 Å². The van der Waals surface area contributed by atoms with E-state index in [-0.39, 0.29) is 17.2 Å². The van der Waals surface area contributed by atoms with Crippen LogP contribution >= 0.6 is 15.9 Å². The molecule has 1 heterocycles. The van der Waals surface area contributed by atoms with E-state index >= 15 is 0 Å². The molecular formula is C12H16BrNO2S.